The van der Waals surface area contributed by atoms with Gasteiger partial charge in [0.15, 0.2) is 0 Å². The van der Waals surface area contributed by atoms with Gasteiger partial charge in [0.25, 0.3) is 0 Å². The van der Waals surface area contributed by atoms with Crippen molar-refractivity contribution in [1.82, 2.24) is 14.9 Å². The number of nitrogens with zero attached hydrogens (tertiary/aromatic N) is 4. The van der Waals surface area contributed by atoms with Crippen molar-refractivity contribution in [2.75, 3.05) is 19.6 Å². The highest BCUT2D eigenvalue weighted by Gasteiger charge is 2.23. The summed E-state index contributed by atoms with van der Waals surface area (Å²) in [4.78, 5) is 26.9. The second-order valence-corrected chi connectivity index (χ2v) is 7.30. The smallest absolute Gasteiger partial charge is 0.337 e. The van der Waals surface area contributed by atoms with Gasteiger partial charge in [-0.05, 0) is 38.1 Å². The summed E-state index contributed by atoms with van der Waals surface area (Å²) in [7, 11) is 0. The van der Waals surface area contributed by atoms with Crippen molar-refractivity contribution in [2.24, 2.45) is 4.99 Å². The number of phenols is 3. The lowest BCUT2D eigenvalue weighted by Gasteiger charge is -2.20. The van der Waals surface area contributed by atoms with Gasteiger partial charge in [0.05, 0.1) is 17.7 Å². The van der Waals surface area contributed by atoms with Crippen molar-refractivity contribution in [3.63, 3.8) is 0 Å². The Kier molecular flexibility index (Phi) is 5.13. The largest absolute Gasteiger partial charge is 0.507 e. The highest BCUT2D eigenvalue weighted by Crippen LogP contribution is 2.35. The summed E-state index contributed by atoms with van der Waals surface area (Å²) in [6.07, 6.45) is 3.68. The Morgan fingerprint density at radius 3 is 2.60 bits per heavy atom. The number of hydrogen-bond donors (Lipinski definition) is 4. The summed E-state index contributed by atoms with van der Waals surface area (Å²) < 4.78 is 0. The Morgan fingerprint density at radius 1 is 1.13 bits per heavy atom. The van der Waals surface area contributed by atoms with E-state index in [-0.39, 0.29) is 50.4 Å². The van der Waals surface area contributed by atoms with Crippen LogP contribution in [0.5, 0.6) is 17.2 Å². The fourth-order valence-electron chi connectivity index (χ4n) is 3.97. The minimum Gasteiger partial charge on any atom is -0.507 e. The first kappa shape index (κ1) is 19.8. The fraction of sp³-hybridized carbons (Fsp3) is 0.333. The van der Waals surface area contributed by atoms with Crippen LogP contribution in [0.15, 0.2) is 23.2 Å². The monoisotopic (exact) mass is 410 g/mol. The predicted molar refractivity (Wildman–Crippen MR) is 112 cm³/mol. The first-order valence-electron chi connectivity index (χ1n) is 9.76. The summed E-state index contributed by atoms with van der Waals surface area (Å²) >= 11 is 0. The summed E-state index contributed by atoms with van der Waals surface area (Å²) in [6, 6.07) is 3.91. The summed E-state index contributed by atoms with van der Waals surface area (Å²) in [5, 5.41) is 40.2. The van der Waals surface area contributed by atoms with Crippen molar-refractivity contribution in [3.8, 4) is 17.2 Å². The van der Waals surface area contributed by atoms with Crippen LogP contribution in [0.1, 0.15) is 35.7 Å². The molecular formula is C21H22N4O5. The molecule has 1 atom stereocenters. The van der Waals surface area contributed by atoms with Crippen LogP contribution in [-0.2, 0) is 0 Å². The maximum Gasteiger partial charge on any atom is 0.337 e. The molecule has 0 saturated carbocycles. The lowest BCUT2D eigenvalue weighted by molar-refractivity contribution is 0.0699. The molecule has 156 valence electrons. The van der Waals surface area contributed by atoms with Crippen LogP contribution in [0.2, 0.25) is 0 Å². The molecule has 2 heterocycles. The second-order valence-electron chi connectivity index (χ2n) is 7.30. The quantitative estimate of drug-likeness (QED) is 0.372. The molecular weight excluding hydrogens is 388 g/mol. The van der Waals surface area contributed by atoms with E-state index in [1.165, 1.54) is 18.3 Å². The molecule has 2 aromatic carbocycles. The molecule has 0 radical (unpaired) electrons. The predicted octanol–water partition coefficient (Wildman–Crippen LogP) is 2.50. The van der Waals surface area contributed by atoms with Crippen LogP contribution in [0.25, 0.3) is 22.1 Å². The number of fused-ring (bicyclic) bond motifs is 2. The zero-order valence-corrected chi connectivity index (χ0v) is 16.4. The van der Waals surface area contributed by atoms with Gasteiger partial charge in [0, 0.05) is 18.3 Å². The minimum atomic E-state index is -1.23. The number of hydrogen-bond acceptors (Lipinski definition) is 8. The molecule has 1 aromatic heterocycles. The first-order chi connectivity index (χ1) is 14.4. The average Bonchev–Trinajstić information content (AvgIpc) is 3.17. The standard InChI is InChI=1S/C21H22N4O5/c1-2-25-7-3-4-11(25)9-22-10-13-15(27)8-16(28)20-18(13)24-19-14(26)6-5-12(21(29)30)17(19)23-20/h5-6,8,10-11,26-28H,2-4,7,9H2,1H3,(H,29,30). The topological polar surface area (TPSA) is 139 Å². The Morgan fingerprint density at radius 2 is 1.87 bits per heavy atom. The van der Waals surface area contributed by atoms with Gasteiger partial charge in [-0.15, -0.1) is 0 Å². The van der Waals surface area contributed by atoms with Crippen LogP contribution in [0, 0.1) is 0 Å². The zero-order valence-electron chi connectivity index (χ0n) is 16.4. The lowest BCUT2D eigenvalue weighted by atomic mass is 10.1. The number of benzene rings is 2. The van der Waals surface area contributed by atoms with E-state index in [1.807, 2.05) is 0 Å². The Balaban J connectivity index is 1.83. The van der Waals surface area contributed by atoms with E-state index in [4.69, 9.17) is 0 Å². The highest BCUT2D eigenvalue weighted by molar-refractivity contribution is 6.08. The molecule has 9 heteroatoms. The zero-order chi connectivity index (χ0) is 21.4. The van der Waals surface area contributed by atoms with Crippen LogP contribution in [0.3, 0.4) is 0 Å². The molecule has 4 rings (SSSR count). The molecule has 0 spiro atoms. The summed E-state index contributed by atoms with van der Waals surface area (Å²) in [6.45, 7) is 4.67. The Hall–Kier alpha value is -3.46. The van der Waals surface area contributed by atoms with Crippen molar-refractivity contribution < 1.29 is 25.2 Å². The van der Waals surface area contributed by atoms with E-state index >= 15 is 0 Å². The molecule has 0 aliphatic carbocycles. The number of likely N-dealkylation sites (tertiary alicyclic amines) is 1. The van der Waals surface area contributed by atoms with E-state index in [9.17, 15) is 25.2 Å². The van der Waals surface area contributed by atoms with Gasteiger partial charge in [0.2, 0.25) is 0 Å². The molecule has 3 aromatic rings. The third-order valence-electron chi connectivity index (χ3n) is 5.52. The van der Waals surface area contributed by atoms with E-state index in [2.05, 4.69) is 26.8 Å². The fourth-order valence-corrected chi connectivity index (χ4v) is 3.97. The minimum absolute atomic E-state index is 0.0194. The van der Waals surface area contributed by atoms with Crippen molar-refractivity contribution in [1.29, 1.82) is 0 Å². The van der Waals surface area contributed by atoms with E-state index in [0.717, 1.165) is 32.0 Å². The molecule has 0 bridgehead atoms. The van der Waals surface area contributed by atoms with E-state index in [1.54, 1.807) is 0 Å². The molecule has 9 nitrogen and oxygen atoms in total. The van der Waals surface area contributed by atoms with Gasteiger partial charge in [-0.3, -0.25) is 9.89 Å². The van der Waals surface area contributed by atoms with Crippen LogP contribution in [0.4, 0.5) is 0 Å². The average molecular weight is 410 g/mol. The van der Waals surface area contributed by atoms with Gasteiger partial charge in [-0.25, -0.2) is 14.8 Å². The number of aromatic nitrogens is 2. The highest BCUT2D eigenvalue weighted by atomic mass is 16.4. The van der Waals surface area contributed by atoms with E-state index in [0.29, 0.717) is 12.6 Å². The van der Waals surface area contributed by atoms with Crippen LogP contribution < -0.4 is 0 Å². The summed E-state index contributed by atoms with van der Waals surface area (Å²) in [5.74, 6) is -2.06. The number of phenolic OH excluding ortho intramolecular Hbond substituents is 3. The SMILES string of the molecule is CCN1CCCC1CN=Cc1c(O)cc(O)c2nc3c(C(=O)O)ccc(O)c3nc12. The van der Waals surface area contributed by atoms with Gasteiger partial charge >= 0.3 is 5.97 Å². The third kappa shape index (κ3) is 3.37. The van der Waals surface area contributed by atoms with Gasteiger partial charge in [0.1, 0.15) is 39.3 Å². The molecule has 30 heavy (non-hydrogen) atoms. The van der Waals surface area contributed by atoms with E-state index < -0.39 is 5.97 Å². The number of carboxylic acids is 1. The third-order valence-corrected chi connectivity index (χ3v) is 5.52. The molecule has 1 fully saturated rings. The molecule has 1 unspecified atom stereocenters. The molecule has 1 aliphatic heterocycles. The van der Waals surface area contributed by atoms with Gasteiger partial charge in [-0.1, -0.05) is 6.92 Å². The number of aromatic carboxylic acids is 1. The molecule has 1 saturated heterocycles. The molecule has 0 amide bonds. The number of carboxylic acid groups (broad SMARTS) is 1. The second kappa shape index (κ2) is 7.75. The van der Waals surface area contributed by atoms with Crippen molar-refractivity contribution in [3.05, 3.63) is 29.3 Å². The maximum absolute atomic E-state index is 11.5. The maximum atomic E-state index is 11.5. The van der Waals surface area contributed by atoms with Crippen LogP contribution >= 0.6 is 0 Å². The van der Waals surface area contributed by atoms with Gasteiger partial charge < -0.3 is 20.4 Å². The first-order valence-corrected chi connectivity index (χ1v) is 9.76. The van der Waals surface area contributed by atoms with Crippen molar-refractivity contribution >= 4 is 34.3 Å². The number of aliphatic imine (C=N–C) groups is 1. The molecule has 1 aliphatic rings. The number of likely N-dealkylation sites (N-methyl/N-ethyl adjacent to an activating group) is 1. The Labute approximate surface area is 172 Å². The molecule has 4 N–H and O–H groups in total. The number of carbonyl (C=O) groups is 1. The van der Waals surface area contributed by atoms with Gasteiger partial charge in [-0.2, -0.15) is 0 Å². The number of aromatic hydroxyl groups is 3. The Bertz CT molecular complexity index is 1180. The normalized spacial score (nSPS) is 17.4. The van der Waals surface area contributed by atoms with Crippen molar-refractivity contribution in [2.45, 2.75) is 25.8 Å². The number of rotatable bonds is 5. The summed E-state index contributed by atoms with van der Waals surface area (Å²) in [5.41, 5.74) is 0.156. The van der Waals surface area contributed by atoms with Crippen LogP contribution in [-0.4, -0.2) is 73.2 Å². The lowest BCUT2D eigenvalue weighted by Crippen LogP contribution is -2.31.